The molecule has 0 fully saturated rings. The van der Waals surface area contributed by atoms with Gasteiger partial charge >= 0.3 is 12.3 Å². The van der Waals surface area contributed by atoms with Gasteiger partial charge in [-0.3, -0.25) is 0 Å². The summed E-state index contributed by atoms with van der Waals surface area (Å²) in [5, 5.41) is 0.867. The molecule has 2 rings (SSSR count). The lowest BCUT2D eigenvalue weighted by Gasteiger charge is -2.12. The van der Waals surface area contributed by atoms with Crippen LogP contribution in [0.15, 0.2) is 24.4 Å². The van der Waals surface area contributed by atoms with Gasteiger partial charge in [0.1, 0.15) is 5.75 Å². The van der Waals surface area contributed by atoms with E-state index in [9.17, 15) is 9.59 Å². The maximum absolute atomic E-state index is 11.8. The Bertz CT molecular complexity index is 874. The minimum absolute atomic E-state index is 0.00465. The number of nitrogens with zero attached hydrogens (tertiary/aromatic N) is 2. The van der Waals surface area contributed by atoms with Crippen molar-refractivity contribution in [3.8, 4) is 5.75 Å². The van der Waals surface area contributed by atoms with E-state index < -0.39 is 12.3 Å². The molecule has 31 heavy (non-hydrogen) atoms. The predicted octanol–water partition coefficient (Wildman–Crippen LogP) is 4.16. The van der Waals surface area contributed by atoms with Crippen molar-refractivity contribution in [3.63, 3.8) is 0 Å². The lowest BCUT2D eigenvalue weighted by molar-refractivity contribution is -0.00776. The van der Waals surface area contributed by atoms with E-state index in [1.165, 1.54) is 0 Å². The first-order valence-corrected chi connectivity index (χ1v) is 10.2. The van der Waals surface area contributed by atoms with Crippen molar-refractivity contribution in [2.75, 3.05) is 27.4 Å². The molecule has 9 heteroatoms. The van der Waals surface area contributed by atoms with Crippen molar-refractivity contribution in [1.29, 1.82) is 0 Å². The maximum atomic E-state index is 11.8. The van der Waals surface area contributed by atoms with E-state index in [4.69, 9.17) is 23.7 Å². The van der Waals surface area contributed by atoms with Crippen molar-refractivity contribution in [2.24, 2.45) is 0 Å². The number of fused-ring (bicyclic) bond motifs is 1. The van der Waals surface area contributed by atoms with E-state index in [0.29, 0.717) is 5.75 Å². The topological polar surface area (TPSA) is 88.5 Å². The highest BCUT2D eigenvalue weighted by Crippen LogP contribution is 2.31. The highest BCUT2D eigenvalue weighted by molar-refractivity contribution is 5.90. The van der Waals surface area contributed by atoms with E-state index in [2.05, 4.69) is 4.90 Å². The minimum atomic E-state index is -0.787. The molecule has 2 aromatic rings. The van der Waals surface area contributed by atoms with Crippen molar-refractivity contribution in [3.05, 3.63) is 30.0 Å². The molecule has 0 saturated heterocycles. The van der Waals surface area contributed by atoms with Gasteiger partial charge in [-0.05, 0) is 65.9 Å². The Balaban J connectivity index is 2.21. The summed E-state index contributed by atoms with van der Waals surface area (Å²) in [4.78, 5) is 25.4. The average Bonchev–Trinajstić information content (AvgIpc) is 3.02. The smallest absolute Gasteiger partial charge is 0.457 e. The fourth-order valence-corrected chi connectivity index (χ4v) is 2.88. The first kappa shape index (κ1) is 24.3. The average molecular weight is 437 g/mol. The second-order valence-electron chi connectivity index (χ2n) is 7.84. The second-order valence-corrected chi connectivity index (χ2v) is 7.84. The molecule has 0 unspecified atom stereocenters. The van der Waals surface area contributed by atoms with Crippen molar-refractivity contribution in [2.45, 2.75) is 53.1 Å². The molecule has 0 aliphatic heterocycles. The monoisotopic (exact) mass is 436 g/mol. The third-order valence-electron chi connectivity index (χ3n) is 4.15. The fraction of sp³-hybridized carbons (Fsp3) is 0.545. The largest absolute Gasteiger partial charge is 0.511 e. The van der Waals surface area contributed by atoms with Crippen LogP contribution in [-0.4, -0.2) is 61.4 Å². The van der Waals surface area contributed by atoms with Crippen LogP contribution in [0.5, 0.6) is 5.75 Å². The number of hydrogen-bond donors (Lipinski definition) is 0. The molecule has 0 aliphatic rings. The first-order valence-electron chi connectivity index (χ1n) is 10.2. The molecule has 0 N–H and O–H groups in total. The summed E-state index contributed by atoms with van der Waals surface area (Å²) < 4.78 is 27.7. The number of likely N-dealkylation sites (N-methyl/N-ethyl adjacent to an activating group) is 1. The van der Waals surface area contributed by atoms with Gasteiger partial charge < -0.3 is 33.2 Å². The van der Waals surface area contributed by atoms with Crippen molar-refractivity contribution < 1.29 is 33.3 Å². The molecular weight excluding hydrogens is 404 g/mol. The van der Waals surface area contributed by atoms with Crippen LogP contribution in [0, 0.1) is 0 Å². The zero-order chi connectivity index (χ0) is 23.0. The zero-order valence-corrected chi connectivity index (χ0v) is 19.0. The number of hydrogen-bond acceptors (Lipinski definition) is 8. The molecule has 0 radical (unpaired) electrons. The quantitative estimate of drug-likeness (QED) is 0.405. The molecule has 9 nitrogen and oxygen atoms in total. The molecule has 1 aromatic carbocycles. The third-order valence-corrected chi connectivity index (χ3v) is 4.15. The van der Waals surface area contributed by atoms with Gasteiger partial charge in [0.25, 0.3) is 0 Å². The van der Waals surface area contributed by atoms with Crippen LogP contribution in [-0.2, 0) is 32.1 Å². The van der Waals surface area contributed by atoms with Gasteiger partial charge in [0, 0.05) is 18.1 Å². The Morgan fingerprint density at radius 3 is 2.26 bits per heavy atom. The summed E-state index contributed by atoms with van der Waals surface area (Å²) in [5.41, 5.74) is 1.85. The van der Waals surface area contributed by atoms with Crippen LogP contribution in [0.3, 0.4) is 0 Å². The van der Waals surface area contributed by atoms with Crippen LogP contribution in [0.4, 0.5) is 9.59 Å². The van der Waals surface area contributed by atoms with E-state index in [-0.39, 0.29) is 25.7 Å². The summed E-state index contributed by atoms with van der Waals surface area (Å²) in [6.07, 6.45) is 0.638. The predicted molar refractivity (Wildman–Crippen MR) is 115 cm³/mol. The molecule has 0 amide bonds. The molecule has 0 atom stereocenters. The normalized spacial score (nSPS) is 11.3. The second kappa shape index (κ2) is 11.5. The number of ether oxygens (including phenoxy) is 5. The Morgan fingerprint density at radius 1 is 1.00 bits per heavy atom. The van der Waals surface area contributed by atoms with Crippen molar-refractivity contribution in [1.82, 2.24) is 9.47 Å². The molecule has 0 aliphatic carbocycles. The molecular formula is C22H32N2O7. The first-order chi connectivity index (χ1) is 14.7. The summed E-state index contributed by atoms with van der Waals surface area (Å²) in [6.45, 7) is 7.54. The fourth-order valence-electron chi connectivity index (χ4n) is 2.88. The summed E-state index contributed by atoms with van der Waals surface area (Å²) >= 11 is 0. The van der Waals surface area contributed by atoms with Gasteiger partial charge in [0.15, 0.2) is 6.73 Å². The molecule has 1 aromatic heterocycles. The van der Waals surface area contributed by atoms with Gasteiger partial charge in [0.05, 0.1) is 17.7 Å². The van der Waals surface area contributed by atoms with E-state index >= 15 is 0 Å². The van der Waals surface area contributed by atoms with Crippen LogP contribution >= 0.6 is 0 Å². The molecule has 0 spiro atoms. The summed E-state index contributed by atoms with van der Waals surface area (Å²) in [7, 11) is 3.99. The van der Waals surface area contributed by atoms with Crippen molar-refractivity contribution >= 4 is 23.2 Å². The zero-order valence-electron chi connectivity index (χ0n) is 19.0. The Morgan fingerprint density at radius 2 is 1.65 bits per heavy atom. The summed E-state index contributed by atoms with van der Waals surface area (Å²) in [5.74, 6) is 0.562. The number of aromatic nitrogens is 1. The van der Waals surface area contributed by atoms with Gasteiger partial charge in [-0.25, -0.2) is 9.59 Å². The molecule has 172 valence electrons. The Hall–Kier alpha value is -2.94. The van der Waals surface area contributed by atoms with E-state index in [0.717, 1.165) is 29.4 Å². The summed E-state index contributed by atoms with van der Waals surface area (Å²) in [6, 6.07) is 5.53. The SMILES string of the molecule is CC(C)OC(=O)OCOc1cccc2c1c(CCN(C)C)cn2COC(=O)OC(C)C. The standard InChI is InChI=1S/C22H32N2O7/c1-15(2)30-21(25)27-13-24-12-17(10-11-23(5)6)20-18(24)8-7-9-19(20)28-14-29-22(26)31-16(3)4/h7-9,12,15-16H,10-11,13-14H2,1-6H3. The lowest BCUT2D eigenvalue weighted by atomic mass is 10.1. The van der Waals surface area contributed by atoms with Crippen LogP contribution < -0.4 is 4.74 Å². The maximum Gasteiger partial charge on any atom is 0.511 e. The molecule has 1 heterocycles. The Labute approximate surface area is 182 Å². The third kappa shape index (κ3) is 7.67. The van der Waals surface area contributed by atoms with Crippen LogP contribution in [0.1, 0.15) is 33.3 Å². The lowest BCUT2D eigenvalue weighted by Crippen LogP contribution is -2.16. The van der Waals surface area contributed by atoms with Gasteiger partial charge in [-0.2, -0.15) is 0 Å². The van der Waals surface area contributed by atoms with Gasteiger partial charge in [0.2, 0.25) is 6.79 Å². The van der Waals surface area contributed by atoms with Crippen LogP contribution in [0.25, 0.3) is 10.9 Å². The van der Waals surface area contributed by atoms with Crippen LogP contribution in [0.2, 0.25) is 0 Å². The van der Waals surface area contributed by atoms with E-state index in [1.54, 1.807) is 33.8 Å². The molecule has 0 bridgehead atoms. The number of carbonyl (C=O) groups excluding carboxylic acids is 2. The minimum Gasteiger partial charge on any atom is -0.457 e. The van der Waals surface area contributed by atoms with Gasteiger partial charge in [-0.15, -0.1) is 0 Å². The number of benzene rings is 1. The van der Waals surface area contributed by atoms with Gasteiger partial charge in [-0.1, -0.05) is 6.07 Å². The number of rotatable bonds is 10. The highest BCUT2D eigenvalue weighted by Gasteiger charge is 2.16. The Kier molecular flexibility index (Phi) is 8.99. The highest BCUT2D eigenvalue weighted by atomic mass is 16.8. The van der Waals surface area contributed by atoms with E-state index in [1.807, 2.05) is 37.0 Å². The number of carbonyl (C=O) groups is 2. The molecule has 0 saturated carbocycles.